The number of hydrogen-bond acceptors (Lipinski definition) is 0. The van der Waals surface area contributed by atoms with Crippen molar-refractivity contribution in [3.05, 3.63) is 23.8 Å². The monoisotopic (exact) mass is 154 g/mol. The molecule has 0 aliphatic rings. The molecule has 0 aliphatic heterocycles. The lowest BCUT2D eigenvalue weighted by Gasteiger charge is -2.02. The third-order valence-electron chi connectivity index (χ3n) is 1.22. The Bertz CT molecular complexity index is 123. The molecule has 0 N–H and O–H groups in total. The summed E-state index contributed by atoms with van der Waals surface area (Å²) in [6, 6.07) is 0. The topological polar surface area (TPSA) is 0 Å². The molecule has 0 heterocycles. The van der Waals surface area contributed by atoms with Gasteiger partial charge in [-0.3, -0.25) is 0 Å². The minimum Gasteiger partial charge on any atom is -0.0956 e. The summed E-state index contributed by atoms with van der Waals surface area (Å²) in [6.45, 7) is 16.4. The molecule has 0 heteroatoms. The maximum Gasteiger partial charge on any atom is -0.0225 e. The third kappa shape index (κ3) is 9.48. The van der Waals surface area contributed by atoms with Gasteiger partial charge in [0.05, 0.1) is 0 Å². The van der Waals surface area contributed by atoms with Crippen molar-refractivity contribution in [3.8, 4) is 0 Å². The average Bonchev–Trinajstić information content (AvgIpc) is 1.90. The van der Waals surface area contributed by atoms with Gasteiger partial charge in [-0.1, -0.05) is 51.5 Å². The highest BCUT2D eigenvalue weighted by atomic mass is 14.0. The van der Waals surface area contributed by atoms with Crippen LogP contribution in [0.25, 0.3) is 0 Å². The predicted octanol–water partition coefficient (Wildman–Crippen LogP) is 4.19. The van der Waals surface area contributed by atoms with Crippen LogP contribution in [0.5, 0.6) is 0 Å². The standard InChI is InChI=1S/C9H16.C2H6/c1-7(2)6-9(5)8(3)4;1-2/h6,8H,5H2,1-4H3;1-2H3. The van der Waals surface area contributed by atoms with E-state index in [1.807, 2.05) is 13.8 Å². The molecule has 0 fully saturated rings. The first-order valence-corrected chi connectivity index (χ1v) is 4.37. The number of rotatable bonds is 2. The molecule has 0 aliphatic carbocycles. The van der Waals surface area contributed by atoms with Crippen LogP contribution >= 0.6 is 0 Å². The van der Waals surface area contributed by atoms with Gasteiger partial charge < -0.3 is 0 Å². The van der Waals surface area contributed by atoms with Crippen LogP contribution in [0.4, 0.5) is 0 Å². The van der Waals surface area contributed by atoms with Gasteiger partial charge in [-0.2, -0.15) is 0 Å². The Morgan fingerprint density at radius 3 is 1.64 bits per heavy atom. The van der Waals surface area contributed by atoms with Gasteiger partial charge in [-0.05, 0) is 19.8 Å². The second kappa shape index (κ2) is 7.59. The maximum absolute atomic E-state index is 3.92. The van der Waals surface area contributed by atoms with E-state index in [9.17, 15) is 0 Å². The average molecular weight is 154 g/mol. The summed E-state index contributed by atoms with van der Waals surface area (Å²) < 4.78 is 0. The SMILES string of the molecule is C=C(C=C(C)C)C(C)C.CC. The fraction of sp³-hybridized carbons (Fsp3) is 0.636. The molecule has 0 unspecified atom stereocenters. The molecule has 0 saturated heterocycles. The van der Waals surface area contributed by atoms with E-state index in [1.54, 1.807) is 0 Å². The maximum atomic E-state index is 3.92. The Labute approximate surface area is 72.0 Å². The summed E-state index contributed by atoms with van der Waals surface area (Å²) in [5.41, 5.74) is 2.55. The van der Waals surface area contributed by atoms with Crippen molar-refractivity contribution in [2.45, 2.75) is 41.5 Å². The van der Waals surface area contributed by atoms with Crippen LogP contribution < -0.4 is 0 Å². The highest BCUT2D eigenvalue weighted by molar-refractivity contribution is 5.19. The molecule has 0 bridgehead atoms. The van der Waals surface area contributed by atoms with E-state index in [1.165, 1.54) is 11.1 Å². The summed E-state index contributed by atoms with van der Waals surface area (Å²) in [6.07, 6.45) is 2.13. The Balaban J connectivity index is 0. The van der Waals surface area contributed by atoms with Crippen molar-refractivity contribution < 1.29 is 0 Å². The van der Waals surface area contributed by atoms with Crippen molar-refractivity contribution in [3.63, 3.8) is 0 Å². The van der Waals surface area contributed by atoms with E-state index >= 15 is 0 Å². The Morgan fingerprint density at radius 2 is 1.55 bits per heavy atom. The second-order valence-corrected chi connectivity index (χ2v) is 2.95. The molecule has 66 valence electrons. The zero-order chi connectivity index (χ0) is 9.44. The second-order valence-electron chi connectivity index (χ2n) is 2.95. The lowest BCUT2D eigenvalue weighted by atomic mass is 10.0. The Hall–Kier alpha value is -0.520. The molecule has 0 rings (SSSR count). The molecule has 0 radical (unpaired) electrons. The van der Waals surface area contributed by atoms with Gasteiger partial charge in [0, 0.05) is 0 Å². The Morgan fingerprint density at radius 1 is 1.18 bits per heavy atom. The molecule has 0 saturated carbocycles. The first-order chi connectivity index (χ1) is 5.04. The van der Waals surface area contributed by atoms with Crippen LogP contribution in [0.1, 0.15) is 41.5 Å². The molecule has 0 aromatic rings. The van der Waals surface area contributed by atoms with Gasteiger partial charge >= 0.3 is 0 Å². The summed E-state index contributed by atoms with van der Waals surface area (Å²) in [7, 11) is 0. The molecule has 0 amide bonds. The van der Waals surface area contributed by atoms with E-state index in [0.29, 0.717) is 5.92 Å². The van der Waals surface area contributed by atoms with Crippen LogP contribution in [-0.2, 0) is 0 Å². The highest BCUT2D eigenvalue weighted by Gasteiger charge is 1.93. The minimum atomic E-state index is 0.583. The van der Waals surface area contributed by atoms with Crippen molar-refractivity contribution in [2.75, 3.05) is 0 Å². The summed E-state index contributed by atoms with van der Waals surface area (Å²) in [5.74, 6) is 0.583. The van der Waals surface area contributed by atoms with Gasteiger partial charge in [0.2, 0.25) is 0 Å². The van der Waals surface area contributed by atoms with Gasteiger partial charge in [0.1, 0.15) is 0 Å². The smallest absolute Gasteiger partial charge is 0.0225 e. The van der Waals surface area contributed by atoms with Crippen LogP contribution in [0.3, 0.4) is 0 Å². The predicted molar refractivity (Wildman–Crippen MR) is 54.8 cm³/mol. The van der Waals surface area contributed by atoms with Crippen molar-refractivity contribution >= 4 is 0 Å². The number of hydrogen-bond donors (Lipinski definition) is 0. The zero-order valence-corrected chi connectivity index (χ0v) is 8.86. The van der Waals surface area contributed by atoms with E-state index in [4.69, 9.17) is 0 Å². The lowest BCUT2D eigenvalue weighted by Crippen LogP contribution is -1.87. The fourth-order valence-electron chi connectivity index (χ4n) is 0.537. The first-order valence-electron chi connectivity index (χ1n) is 4.37. The summed E-state index contributed by atoms with van der Waals surface area (Å²) >= 11 is 0. The van der Waals surface area contributed by atoms with Crippen LogP contribution in [0, 0.1) is 5.92 Å². The highest BCUT2D eigenvalue weighted by Crippen LogP contribution is 2.09. The van der Waals surface area contributed by atoms with Crippen LogP contribution in [0.15, 0.2) is 23.8 Å². The summed E-state index contributed by atoms with van der Waals surface area (Å²) in [5, 5.41) is 0. The van der Waals surface area contributed by atoms with Gasteiger partial charge in [-0.25, -0.2) is 0 Å². The normalized spacial score (nSPS) is 8.27. The molecule has 0 spiro atoms. The third-order valence-corrected chi connectivity index (χ3v) is 1.22. The summed E-state index contributed by atoms with van der Waals surface area (Å²) in [4.78, 5) is 0. The van der Waals surface area contributed by atoms with Crippen molar-refractivity contribution in [1.29, 1.82) is 0 Å². The van der Waals surface area contributed by atoms with E-state index in [-0.39, 0.29) is 0 Å². The molecule has 0 aromatic heterocycles. The molecular weight excluding hydrogens is 132 g/mol. The van der Waals surface area contributed by atoms with E-state index in [0.717, 1.165) is 0 Å². The van der Waals surface area contributed by atoms with E-state index < -0.39 is 0 Å². The van der Waals surface area contributed by atoms with Crippen LogP contribution in [-0.4, -0.2) is 0 Å². The van der Waals surface area contributed by atoms with Gasteiger partial charge in [0.15, 0.2) is 0 Å². The minimum absolute atomic E-state index is 0.583. The Kier molecular flexibility index (Phi) is 9.03. The molecule has 0 nitrogen and oxygen atoms in total. The number of allylic oxidation sites excluding steroid dienone is 3. The molecular formula is C11H22. The van der Waals surface area contributed by atoms with Crippen molar-refractivity contribution in [2.24, 2.45) is 5.92 Å². The van der Waals surface area contributed by atoms with Gasteiger partial charge in [0.25, 0.3) is 0 Å². The van der Waals surface area contributed by atoms with Crippen LogP contribution in [0.2, 0.25) is 0 Å². The zero-order valence-electron chi connectivity index (χ0n) is 8.86. The first kappa shape index (κ1) is 13.1. The largest absolute Gasteiger partial charge is 0.0956 e. The molecule has 11 heavy (non-hydrogen) atoms. The van der Waals surface area contributed by atoms with Crippen molar-refractivity contribution in [1.82, 2.24) is 0 Å². The van der Waals surface area contributed by atoms with E-state index in [2.05, 4.69) is 40.3 Å². The quantitative estimate of drug-likeness (QED) is 0.523. The molecule has 0 atom stereocenters. The fourth-order valence-corrected chi connectivity index (χ4v) is 0.537. The van der Waals surface area contributed by atoms with Gasteiger partial charge in [-0.15, -0.1) is 0 Å². The lowest BCUT2D eigenvalue weighted by molar-refractivity contribution is 0.793. The molecule has 0 aromatic carbocycles.